The molecular formula is C25H23FN2O3. The first-order chi connectivity index (χ1) is 14.9. The smallest absolute Gasteiger partial charge is 0.247 e. The number of methoxy groups -OCH3 is 1. The third-order valence-corrected chi connectivity index (χ3v) is 5.37. The Bertz CT molecular complexity index is 1280. The maximum atomic E-state index is 14.3. The largest absolute Gasteiger partial charge is 0.494 e. The molecule has 3 aromatic carbocycles. The summed E-state index contributed by atoms with van der Waals surface area (Å²) >= 11 is 0. The quantitative estimate of drug-likeness (QED) is 0.440. The van der Waals surface area contributed by atoms with Crippen molar-refractivity contribution in [3.8, 4) is 5.75 Å². The Morgan fingerprint density at radius 1 is 1.00 bits per heavy atom. The maximum Gasteiger partial charge on any atom is 0.247 e. The zero-order valence-electron chi connectivity index (χ0n) is 17.6. The molecule has 0 atom stereocenters. The van der Waals surface area contributed by atoms with E-state index in [1.165, 1.54) is 19.2 Å². The summed E-state index contributed by atoms with van der Waals surface area (Å²) in [6.45, 7) is 3.76. The average Bonchev–Trinajstić information content (AvgIpc) is 2.76. The monoisotopic (exact) mass is 418 g/mol. The van der Waals surface area contributed by atoms with Crippen LogP contribution in [0.15, 0.2) is 71.5 Å². The summed E-state index contributed by atoms with van der Waals surface area (Å²) in [4.78, 5) is 28.0. The summed E-state index contributed by atoms with van der Waals surface area (Å²) in [5.74, 6) is -0.617. The van der Waals surface area contributed by atoms with E-state index < -0.39 is 5.82 Å². The lowest BCUT2D eigenvalue weighted by molar-refractivity contribution is -0.119. The van der Waals surface area contributed by atoms with Gasteiger partial charge in [0.05, 0.1) is 18.1 Å². The highest BCUT2D eigenvalue weighted by atomic mass is 19.1. The van der Waals surface area contributed by atoms with Crippen LogP contribution in [0.5, 0.6) is 5.75 Å². The number of carbonyl (C=O) groups is 1. The molecule has 4 rings (SSSR count). The van der Waals surface area contributed by atoms with Crippen molar-refractivity contribution in [2.45, 2.75) is 26.4 Å². The number of para-hydroxylation sites is 2. The topological polar surface area (TPSA) is 51.5 Å². The van der Waals surface area contributed by atoms with Crippen LogP contribution in [-0.4, -0.2) is 23.6 Å². The van der Waals surface area contributed by atoms with Crippen molar-refractivity contribution in [1.82, 2.24) is 4.57 Å². The highest BCUT2D eigenvalue weighted by Crippen LogP contribution is 2.26. The van der Waals surface area contributed by atoms with E-state index in [1.807, 2.05) is 54.8 Å². The maximum absolute atomic E-state index is 14.3. The van der Waals surface area contributed by atoms with Gasteiger partial charge in [-0.15, -0.1) is 0 Å². The SMILES string of the molecule is COc1ccc(N(C(=O)Cn2c3ccccc3c(=O)c3ccccc32)C(C)C)cc1F. The summed E-state index contributed by atoms with van der Waals surface area (Å²) in [7, 11) is 1.40. The minimum Gasteiger partial charge on any atom is -0.494 e. The van der Waals surface area contributed by atoms with Crippen LogP contribution in [-0.2, 0) is 11.3 Å². The molecule has 0 fully saturated rings. The molecule has 6 heteroatoms. The van der Waals surface area contributed by atoms with Gasteiger partial charge >= 0.3 is 0 Å². The van der Waals surface area contributed by atoms with Crippen molar-refractivity contribution >= 4 is 33.4 Å². The highest BCUT2D eigenvalue weighted by Gasteiger charge is 2.22. The van der Waals surface area contributed by atoms with Gasteiger partial charge < -0.3 is 14.2 Å². The van der Waals surface area contributed by atoms with Crippen molar-refractivity contribution in [2.24, 2.45) is 0 Å². The number of rotatable bonds is 5. The van der Waals surface area contributed by atoms with Gasteiger partial charge in [0.25, 0.3) is 0 Å². The number of carbonyl (C=O) groups excluding carboxylic acids is 1. The van der Waals surface area contributed by atoms with E-state index in [0.29, 0.717) is 27.5 Å². The fraction of sp³-hybridized carbons (Fsp3) is 0.200. The minimum absolute atomic E-state index is 0.00708. The predicted octanol–water partition coefficient (Wildman–Crippen LogP) is 4.74. The van der Waals surface area contributed by atoms with Gasteiger partial charge in [-0.3, -0.25) is 9.59 Å². The highest BCUT2D eigenvalue weighted by molar-refractivity contribution is 5.98. The first-order valence-electron chi connectivity index (χ1n) is 10.1. The van der Waals surface area contributed by atoms with E-state index in [4.69, 9.17) is 4.74 Å². The van der Waals surface area contributed by atoms with Crippen LogP contribution in [0, 0.1) is 5.82 Å². The standard InChI is InChI=1S/C25H23FN2O3/c1-16(2)28(17-12-13-23(31-3)20(26)14-17)24(29)15-27-21-10-6-4-8-18(21)25(30)19-9-5-7-11-22(19)27/h4-14,16H,15H2,1-3H3. The number of hydrogen-bond donors (Lipinski definition) is 0. The molecule has 4 aromatic rings. The van der Waals surface area contributed by atoms with E-state index in [1.54, 1.807) is 23.1 Å². The van der Waals surface area contributed by atoms with Gasteiger partial charge in [0.2, 0.25) is 5.91 Å². The minimum atomic E-state index is -0.530. The summed E-state index contributed by atoms with van der Waals surface area (Å²) in [5.41, 5.74) is 1.76. The molecule has 0 saturated carbocycles. The van der Waals surface area contributed by atoms with Crippen molar-refractivity contribution in [1.29, 1.82) is 0 Å². The summed E-state index contributed by atoms with van der Waals surface area (Å²) in [5, 5.41) is 1.11. The van der Waals surface area contributed by atoms with Crippen LogP contribution in [0.3, 0.4) is 0 Å². The summed E-state index contributed by atoms with van der Waals surface area (Å²) in [6, 6.07) is 18.8. The lowest BCUT2D eigenvalue weighted by Crippen LogP contribution is -2.39. The molecule has 0 saturated heterocycles. The molecule has 1 amide bonds. The molecule has 0 spiro atoms. The van der Waals surface area contributed by atoms with Crippen LogP contribution in [0.1, 0.15) is 13.8 Å². The number of pyridine rings is 1. The fourth-order valence-corrected chi connectivity index (χ4v) is 3.99. The fourth-order valence-electron chi connectivity index (χ4n) is 3.99. The Morgan fingerprint density at radius 2 is 1.58 bits per heavy atom. The number of anilines is 1. The van der Waals surface area contributed by atoms with Crippen LogP contribution in [0.25, 0.3) is 21.8 Å². The van der Waals surface area contributed by atoms with Gasteiger partial charge in [0.1, 0.15) is 6.54 Å². The van der Waals surface area contributed by atoms with Crippen molar-refractivity contribution in [3.05, 3.63) is 82.8 Å². The first-order valence-corrected chi connectivity index (χ1v) is 10.1. The first kappa shape index (κ1) is 20.6. The molecule has 158 valence electrons. The normalized spacial score (nSPS) is 11.3. The number of halogens is 1. The van der Waals surface area contributed by atoms with E-state index >= 15 is 0 Å². The van der Waals surface area contributed by atoms with Gasteiger partial charge in [0.15, 0.2) is 17.0 Å². The predicted molar refractivity (Wildman–Crippen MR) is 121 cm³/mol. The molecule has 0 unspecified atom stereocenters. The Balaban J connectivity index is 1.84. The summed E-state index contributed by atoms with van der Waals surface area (Å²) in [6.07, 6.45) is 0. The molecule has 0 aliphatic heterocycles. The van der Waals surface area contributed by atoms with E-state index in [2.05, 4.69) is 0 Å². The van der Waals surface area contributed by atoms with Gasteiger partial charge in [-0.2, -0.15) is 0 Å². The van der Waals surface area contributed by atoms with Gasteiger partial charge in [-0.1, -0.05) is 24.3 Å². The molecular weight excluding hydrogens is 395 g/mol. The van der Waals surface area contributed by atoms with Crippen LogP contribution >= 0.6 is 0 Å². The van der Waals surface area contributed by atoms with E-state index in [9.17, 15) is 14.0 Å². The van der Waals surface area contributed by atoms with Crippen LogP contribution in [0.4, 0.5) is 10.1 Å². The number of aromatic nitrogens is 1. The van der Waals surface area contributed by atoms with E-state index in [0.717, 1.165) is 0 Å². The molecule has 0 aliphatic carbocycles. The second-order valence-corrected chi connectivity index (χ2v) is 7.63. The summed E-state index contributed by atoms with van der Waals surface area (Å²) < 4.78 is 21.2. The van der Waals surface area contributed by atoms with E-state index in [-0.39, 0.29) is 29.7 Å². The van der Waals surface area contributed by atoms with Crippen molar-refractivity contribution in [3.63, 3.8) is 0 Å². The number of ether oxygens (including phenoxy) is 1. The molecule has 0 radical (unpaired) electrons. The van der Waals surface area contributed by atoms with Crippen LogP contribution < -0.4 is 15.1 Å². The van der Waals surface area contributed by atoms with Crippen LogP contribution in [0.2, 0.25) is 0 Å². The van der Waals surface area contributed by atoms with Crippen molar-refractivity contribution < 1.29 is 13.9 Å². The molecule has 0 N–H and O–H groups in total. The zero-order chi connectivity index (χ0) is 22.1. The lowest BCUT2D eigenvalue weighted by atomic mass is 10.1. The number of fused-ring (bicyclic) bond motifs is 2. The molecule has 5 nitrogen and oxygen atoms in total. The Hall–Kier alpha value is -3.67. The number of hydrogen-bond acceptors (Lipinski definition) is 3. The number of amides is 1. The lowest BCUT2D eigenvalue weighted by Gasteiger charge is -2.28. The third-order valence-electron chi connectivity index (χ3n) is 5.37. The zero-order valence-corrected chi connectivity index (χ0v) is 17.6. The molecule has 0 bridgehead atoms. The second kappa shape index (κ2) is 8.22. The molecule has 1 heterocycles. The molecule has 0 aliphatic rings. The number of nitrogens with zero attached hydrogens (tertiary/aromatic N) is 2. The Morgan fingerprint density at radius 3 is 2.10 bits per heavy atom. The number of benzene rings is 3. The molecule has 1 aromatic heterocycles. The third kappa shape index (κ3) is 3.65. The second-order valence-electron chi connectivity index (χ2n) is 7.63. The Kier molecular flexibility index (Phi) is 5.46. The van der Waals surface area contributed by atoms with Gasteiger partial charge in [0, 0.05) is 28.6 Å². The van der Waals surface area contributed by atoms with Crippen molar-refractivity contribution in [2.75, 3.05) is 12.0 Å². The average molecular weight is 418 g/mol. The van der Waals surface area contributed by atoms with Gasteiger partial charge in [-0.05, 0) is 50.2 Å². The molecule has 31 heavy (non-hydrogen) atoms. The Labute approximate surface area is 179 Å². The van der Waals surface area contributed by atoms with Gasteiger partial charge in [-0.25, -0.2) is 4.39 Å².